The quantitative estimate of drug-likeness (QED) is 0.717. The van der Waals surface area contributed by atoms with Crippen LogP contribution in [0, 0.1) is 0 Å². The van der Waals surface area contributed by atoms with Crippen LogP contribution in [-0.2, 0) is 4.74 Å². The zero-order chi connectivity index (χ0) is 15.0. The number of carbonyl (C=O) groups excluding carboxylic acids is 1. The van der Waals surface area contributed by atoms with Crippen molar-refractivity contribution in [3.63, 3.8) is 0 Å². The Kier molecular flexibility index (Phi) is 3.42. The van der Waals surface area contributed by atoms with E-state index in [1.165, 1.54) is 18.2 Å². The third-order valence-corrected chi connectivity index (χ3v) is 3.84. The first-order valence-corrected chi connectivity index (χ1v) is 6.81. The number of hydrogen-bond acceptors (Lipinski definition) is 4. The molecule has 1 aromatic carbocycles. The van der Waals surface area contributed by atoms with Gasteiger partial charge in [0.1, 0.15) is 5.56 Å². The minimum absolute atomic E-state index is 0.0773. The zero-order valence-electron chi connectivity index (χ0n) is 11.3. The summed E-state index contributed by atoms with van der Waals surface area (Å²) in [5.74, 6) is -1.68. The second-order valence-corrected chi connectivity index (χ2v) is 5.30. The Bertz CT molecular complexity index is 577. The molecule has 2 atom stereocenters. The van der Waals surface area contributed by atoms with E-state index in [1.54, 1.807) is 4.90 Å². The van der Waals surface area contributed by atoms with Crippen molar-refractivity contribution in [2.45, 2.75) is 25.0 Å². The lowest BCUT2D eigenvalue weighted by Crippen LogP contribution is -2.47. The number of aromatic hydroxyl groups is 1. The average molecular weight is 292 g/mol. The Hall–Kier alpha value is -2.28. The van der Waals surface area contributed by atoms with E-state index < -0.39 is 11.7 Å². The number of nitrogens with zero attached hydrogens (tertiary/aromatic N) is 1. The molecule has 21 heavy (non-hydrogen) atoms. The number of carboxylic acids is 1. The highest BCUT2D eigenvalue weighted by Crippen LogP contribution is 2.29. The molecule has 3 rings (SSSR count). The average Bonchev–Trinajstić information content (AvgIpc) is 2.79. The van der Waals surface area contributed by atoms with Gasteiger partial charge in [-0.25, -0.2) is 9.59 Å². The topological polar surface area (TPSA) is 99.1 Å². The van der Waals surface area contributed by atoms with E-state index in [4.69, 9.17) is 9.84 Å². The van der Waals surface area contributed by atoms with Gasteiger partial charge in [-0.15, -0.1) is 0 Å². The molecule has 0 aliphatic carbocycles. The molecule has 0 saturated carbocycles. The van der Waals surface area contributed by atoms with E-state index >= 15 is 0 Å². The summed E-state index contributed by atoms with van der Waals surface area (Å²) in [4.78, 5) is 24.8. The Morgan fingerprint density at radius 1 is 1.24 bits per heavy atom. The van der Waals surface area contributed by atoms with Crippen LogP contribution in [0.4, 0.5) is 10.5 Å². The predicted molar refractivity (Wildman–Crippen MR) is 73.6 cm³/mol. The SMILES string of the molecule is O=C(O)c1cccc(NC(=O)N2CC3CCC(C2)O3)c1O. The van der Waals surface area contributed by atoms with Crippen LogP contribution in [0.3, 0.4) is 0 Å². The lowest BCUT2D eigenvalue weighted by atomic mass is 10.1. The number of likely N-dealkylation sites (tertiary alicyclic amines) is 1. The van der Waals surface area contributed by atoms with Crippen molar-refractivity contribution in [3.8, 4) is 5.75 Å². The Labute approximate surface area is 121 Å². The van der Waals surface area contributed by atoms with Crippen LogP contribution in [0.1, 0.15) is 23.2 Å². The summed E-state index contributed by atoms with van der Waals surface area (Å²) in [6.45, 7) is 1.03. The molecule has 0 aromatic heterocycles. The molecule has 2 fully saturated rings. The summed E-state index contributed by atoms with van der Waals surface area (Å²) < 4.78 is 5.65. The number of hydrogen-bond donors (Lipinski definition) is 3. The van der Waals surface area contributed by atoms with Gasteiger partial charge in [-0.3, -0.25) is 0 Å². The van der Waals surface area contributed by atoms with Crippen molar-refractivity contribution >= 4 is 17.7 Å². The number of para-hydroxylation sites is 1. The Morgan fingerprint density at radius 2 is 1.90 bits per heavy atom. The van der Waals surface area contributed by atoms with Crippen LogP contribution in [-0.4, -0.2) is 52.4 Å². The predicted octanol–water partition coefficient (Wildman–Crippen LogP) is 1.49. The molecule has 7 nitrogen and oxygen atoms in total. The fourth-order valence-electron chi connectivity index (χ4n) is 2.79. The first-order valence-electron chi connectivity index (χ1n) is 6.81. The van der Waals surface area contributed by atoms with Crippen molar-refractivity contribution < 1.29 is 24.5 Å². The van der Waals surface area contributed by atoms with Crippen LogP contribution in [0.25, 0.3) is 0 Å². The van der Waals surface area contributed by atoms with Gasteiger partial charge >= 0.3 is 12.0 Å². The fraction of sp³-hybridized carbons (Fsp3) is 0.429. The van der Waals surface area contributed by atoms with E-state index in [-0.39, 0.29) is 29.5 Å². The van der Waals surface area contributed by atoms with Crippen molar-refractivity contribution in [2.24, 2.45) is 0 Å². The second kappa shape index (κ2) is 5.25. The second-order valence-electron chi connectivity index (χ2n) is 5.30. The molecule has 7 heteroatoms. The number of rotatable bonds is 2. The lowest BCUT2D eigenvalue weighted by molar-refractivity contribution is -0.0219. The van der Waals surface area contributed by atoms with E-state index in [0.29, 0.717) is 13.1 Å². The number of fused-ring (bicyclic) bond motifs is 2. The molecule has 3 N–H and O–H groups in total. The lowest BCUT2D eigenvalue weighted by Gasteiger charge is -2.32. The fourth-order valence-corrected chi connectivity index (χ4v) is 2.79. The van der Waals surface area contributed by atoms with Crippen molar-refractivity contribution in [2.75, 3.05) is 18.4 Å². The number of aromatic carboxylic acids is 1. The van der Waals surface area contributed by atoms with E-state index in [2.05, 4.69) is 5.32 Å². The van der Waals surface area contributed by atoms with Gasteiger partial charge in [0.25, 0.3) is 0 Å². The van der Waals surface area contributed by atoms with Crippen LogP contribution in [0.2, 0.25) is 0 Å². The molecule has 112 valence electrons. The van der Waals surface area contributed by atoms with Gasteiger partial charge in [0.2, 0.25) is 0 Å². The summed E-state index contributed by atoms with van der Waals surface area (Å²) in [6.07, 6.45) is 2.06. The van der Waals surface area contributed by atoms with Crippen molar-refractivity contribution in [3.05, 3.63) is 23.8 Å². The number of benzene rings is 1. The molecule has 1 aromatic rings. The highest BCUT2D eigenvalue weighted by molar-refractivity contribution is 5.97. The van der Waals surface area contributed by atoms with Crippen LogP contribution in [0.15, 0.2) is 18.2 Å². The number of ether oxygens (including phenoxy) is 1. The van der Waals surface area contributed by atoms with Crippen molar-refractivity contribution in [1.82, 2.24) is 4.90 Å². The smallest absolute Gasteiger partial charge is 0.339 e. The maximum atomic E-state index is 12.2. The Morgan fingerprint density at radius 3 is 2.52 bits per heavy atom. The Balaban J connectivity index is 1.73. The van der Waals surface area contributed by atoms with E-state index in [0.717, 1.165) is 12.8 Å². The third-order valence-electron chi connectivity index (χ3n) is 3.84. The number of nitrogens with one attached hydrogen (secondary N) is 1. The normalized spacial score (nSPS) is 23.9. The number of carboxylic acid groups (broad SMARTS) is 1. The van der Waals surface area contributed by atoms with Crippen LogP contribution >= 0.6 is 0 Å². The standard InChI is InChI=1S/C14H16N2O5/c17-12-10(13(18)19)2-1-3-11(12)15-14(20)16-6-8-4-5-9(7-16)21-8/h1-3,8-9,17H,4-7H2,(H,15,20)(H,18,19). The molecule has 2 aliphatic heterocycles. The molecule has 2 saturated heterocycles. The minimum Gasteiger partial charge on any atom is -0.505 e. The number of morpholine rings is 1. The molecule has 0 spiro atoms. The summed E-state index contributed by atoms with van der Waals surface area (Å²) in [7, 11) is 0. The number of anilines is 1. The molecule has 0 radical (unpaired) electrons. The van der Waals surface area contributed by atoms with Gasteiger partial charge in [-0.1, -0.05) is 6.07 Å². The largest absolute Gasteiger partial charge is 0.505 e. The first-order chi connectivity index (χ1) is 10.0. The van der Waals surface area contributed by atoms with Gasteiger partial charge in [-0.2, -0.15) is 0 Å². The third kappa shape index (κ3) is 2.64. The van der Waals surface area contributed by atoms with Crippen LogP contribution < -0.4 is 5.32 Å². The molecular weight excluding hydrogens is 276 g/mol. The summed E-state index contributed by atoms with van der Waals surface area (Å²) in [6, 6.07) is 3.87. The summed E-state index contributed by atoms with van der Waals surface area (Å²) >= 11 is 0. The highest BCUT2D eigenvalue weighted by atomic mass is 16.5. The minimum atomic E-state index is -1.24. The van der Waals surface area contributed by atoms with E-state index in [9.17, 15) is 14.7 Å². The van der Waals surface area contributed by atoms with Crippen LogP contribution in [0.5, 0.6) is 5.75 Å². The van der Waals surface area contributed by atoms with E-state index in [1.807, 2.05) is 0 Å². The molecule has 2 amide bonds. The van der Waals surface area contributed by atoms with Gasteiger partial charge < -0.3 is 25.2 Å². The number of urea groups is 1. The van der Waals surface area contributed by atoms with Gasteiger partial charge in [0.15, 0.2) is 5.75 Å². The highest BCUT2D eigenvalue weighted by Gasteiger charge is 2.35. The molecule has 2 bridgehead atoms. The monoisotopic (exact) mass is 292 g/mol. The first kappa shape index (κ1) is 13.7. The molecular formula is C14H16N2O5. The summed E-state index contributed by atoms with van der Waals surface area (Å²) in [5.41, 5.74) is -0.145. The maximum absolute atomic E-state index is 12.2. The van der Waals surface area contributed by atoms with Gasteiger partial charge in [0, 0.05) is 13.1 Å². The number of phenols is 1. The van der Waals surface area contributed by atoms with Gasteiger partial charge in [-0.05, 0) is 25.0 Å². The zero-order valence-corrected chi connectivity index (χ0v) is 11.3. The summed E-state index contributed by atoms with van der Waals surface area (Å²) in [5, 5.41) is 21.4. The molecule has 2 aliphatic rings. The number of carbonyl (C=O) groups is 2. The number of amides is 2. The molecule has 2 heterocycles. The maximum Gasteiger partial charge on any atom is 0.339 e. The van der Waals surface area contributed by atoms with Crippen molar-refractivity contribution in [1.29, 1.82) is 0 Å². The van der Waals surface area contributed by atoms with Gasteiger partial charge in [0.05, 0.1) is 17.9 Å². The molecule has 2 unspecified atom stereocenters.